The number of amides is 3. The number of ether oxygens (including phenoxy) is 1. The third-order valence-corrected chi connectivity index (χ3v) is 7.46. The lowest BCUT2D eigenvalue weighted by Gasteiger charge is -2.29. The Bertz CT molecular complexity index is 1290. The summed E-state index contributed by atoms with van der Waals surface area (Å²) in [6.45, 7) is 4.95. The highest BCUT2D eigenvalue weighted by Gasteiger charge is 2.36. The lowest BCUT2D eigenvalue weighted by Crippen LogP contribution is -2.37. The molecule has 0 aliphatic carbocycles. The van der Waals surface area contributed by atoms with Crippen LogP contribution in [-0.4, -0.2) is 91.6 Å². The van der Waals surface area contributed by atoms with Gasteiger partial charge in [0.05, 0.1) is 13.2 Å². The molecule has 42 heavy (non-hydrogen) atoms. The number of aryl methyl sites for hydroxylation is 1. The molecule has 0 saturated carbocycles. The third kappa shape index (κ3) is 7.88. The quantitative estimate of drug-likeness (QED) is 0.449. The van der Waals surface area contributed by atoms with Crippen molar-refractivity contribution in [2.75, 3.05) is 61.1 Å². The molecular weight excluding hydrogens is 557 g/mol. The molecule has 11 nitrogen and oxygen atoms in total. The van der Waals surface area contributed by atoms with Crippen molar-refractivity contribution < 1.29 is 37.4 Å². The molecule has 228 valence electrons. The van der Waals surface area contributed by atoms with E-state index >= 15 is 0 Å². The molecule has 1 aromatic carbocycles. The minimum absolute atomic E-state index is 0.0761. The first kappa shape index (κ1) is 31.0. The van der Waals surface area contributed by atoms with Gasteiger partial charge in [-0.15, -0.1) is 0 Å². The molecule has 5 rings (SSSR count). The van der Waals surface area contributed by atoms with Crippen molar-refractivity contribution in [3.63, 3.8) is 0 Å². The number of rotatable bonds is 5. The smallest absolute Gasteiger partial charge is 0.389 e. The predicted molar refractivity (Wildman–Crippen MR) is 150 cm³/mol. The molecule has 3 aliphatic heterocycles. The van der Waals surface area contributed by atoms with Gasteiger partial charge in [0.2, 0.25) is 5.91 Å². The van der Waals surface area contributed by atoms with Crippen molar-refractivity contribution in [2.24, 2.45) is 11.7 Å². The van der Waals surface area contributed by atoms with Crippen molar-refractivity contribution in [3.05, 3.63) is 35.9 Å². The zero-order valence-corrected chi connectivity index (χ0v) is 23.3. The summed E-state index contributed by atoms with van der Waals surface area (Å²) >= 11 is 0. The number of likely N-dealkylation sites (tertiary alicyclic amines) is 1. The number of nitrogens with two attached hydrogens (primary N) is 1. The fourth-order valence-corrected chi connectivity index (χ4v) is 5.43. The summed E-state index contributed by atoms with van der Waals surface area (Å²) in [6, 6.07) is 8.64. The maximum absolute atomic E-state index is 12.9. The van der Waals surface area contributed by atoms with E-state index in [1.165, 1.54) is 4.90 Å². The van der Waals surface area contributed by atoms with Gasteiger partial charge in [0.15, 0.2) is 0 Å². The Morgan fingerprint density at radius 1 is 1.17 bits per heavy atom. The standard InChI is InChI=1S/C27H33F3N6O3.CH2O2/c1-17-2-3-21(32-26(38)35-5-4-18(15-35)14-27(28,29)30)13-22(17)19-10-23(34-6-8-39-9-7-34)33-24(11-19)36-16-20(31)12-25(36)37;2-1-3/h2-3,10-11,13,18,20H,4-9,12,14-16,31H2,1H3,(H,32,38);1H,(H,2,3). The number of alkyl halides is 3. The number of carboxylic acid groups (broad SMARTS) is 1. The highest BCUT2D eigenvalue weighted by atomic mass is 19.4. The molecule has 2 aromatic rings. The molecule has 4 heterocycles. The minimum Gasteiger partial charge on any atom is -0.483 e. The zero-order valence-electron chi connectivity index (χ0n) is 23.3. The molecule has 14 heteroatoms. The third-order valence-electron chi connectivity index (χ3n) is 7.46. The van der Waals surface area contributed by atoms with Crippen LogP contribution in [0.4, 0.5) is 35.3 Å². The van der Waals surface area contributed by atoms with Crippen LogP contribution in [0.15, 0.2) is 30.3 Å². The molecule has 3 fully saturated rings. The molecule has 0 bridgehead atoms. The molecule has 2 unspecified atom stereocenters. The van der Waals surface area contributed by atoms with E-state index in [9.17, 15) is 22.8 Å². The van der Waals surface area contributed by atoms with Gasteiger partial charge in [0.1, 0.15) is 11.6 Å². The van der Waals surface area contributed by atoms with Gasteiger partial charge in [-0.1, -0.05) is 6.07 Å². The van der Waals surface area contributed by atoms with Crippen molar-refractivity contribution in [1.29, 1.82) is 0 Å². The molecule has 3 amide bonds. The molecule has 0 spiro atoms. The van der Waals surface area contributed by atoms with Crippen molar-refractivity contribution in [3.8, 4) is 11.1 Å². The number of halogens is 3. The van der Waals surface area contributed by atoms with Gasteiger partial charge in [0.25, 0.3) is 6.47 Å². The fourth-order valence-electron chi connectivity index (χ4n) is 5.43. The summed E-state index contributed by atoms with van der Waals surface area (Å²) in [5.74, 6) is 0.584. The average molecular weight is 593 g/mol. The Morgan fingerprint density at radius 2 is 1.86 bits per heavy atom. The number of morpholine rings is 1. The van der Waals surface area contributed by atoms with E-state index in [2.05, 4.69) is 10.2 Å². The number of nitrogens with one attached hydrogen (secondary N) is 1. The maximum Gasteiger partial charge on any atom is 0.389 e. The first-order valence-corrected chi connectivity index (χ1v) is 13.7. The van der Waals surface area contributed by atoms with Crippen LogP contribution in [0.2, 0.25) is 0 Å². The van der Waals surface area contributed by atoms with Crippen LogP contribution < -0.4 is 20.9 Å². The van der Waals surface area contributed by atoms with Gasteiger partial charge in [-0.05, 0) is 60.2 Å². The van der Waals surface area contributed by atoms with E-state index in [1.54, 1.807) is 11.0 Å². The lowest BCUT2D eigenvalue weighted by molar-refractivity contribution is -0.143. The largest absolute Gasteiger partial charge is 0.483 e. The van der Waals surface area contributed by atoms with Crippen LogP contribution in [-0.2, 0) is 14.3 Å². The number of aromatic nitrogens is 1. The highest BCUT2D eigenvalue weighted by Crippen LogP contribution is 2.34. The van der Waals surface area contributed by atoms with Crippen LogP contribution in [0.3, 0.4) is 0 Å². The SMILES string of the molecule is Cc1ccc(NC(=O)N2CCC(CC(F)(F)F)C2)cc1-c1cc(N2CCOCC2)nc(N2CC(N)CC2=O)c1.O=CO. The molecule has 3 saturated heterocycles. The van der Waals surface area contributed by atoms with Gasteiger partial charge >= 0.3 is 12.2 Å². The number of carbonyl (C=O) groups is 3. The second kappa shape index (κ2) is 13.4. The summed E-state index contributed by atoms with van der Waals surface area (Å²) < 4.78 is 43.8. The van der Waals surface area contributed by atoms with Crippen LogP contribution in [0.1, 0.15) is 24.8 Å². The normalized spacial score (nSPS) is 20.8. The topological polar surface area (TPSA) is 141 Å². The van der Waals surface area contributed by atoms with Gasteiger partial charge in [0, 0.05) is 57.3 Å². The van der Waals surface area contributed by atoms with Gasteiger partial charge in [-0.3, -0.25) is 14.5 Å². The molecular formula is C28H35F3N6O5. The second-order valence-corrected chi connectivity index (χ2v) is 10.6. The van der Waals surface area contributed by atoms with E-state index in [0.717, 1.165) is 22.5 Å². The van der Waals surface area contributed by atoms with Crippen LogP contribution in [0, 0.1) is 12.8 Å². The zero-order chi connectivity index (χ0) is 30.4. The number of benzene rings is 1. The lowest BCUT2D eigenvalue weighted by atomic mass is 10.00. The minimum atomic E-state index is -4.24. The number of anilines is 3. The average Bonchev–Trinajstić information content (AvgIpc) is 3.54. The number of hydrogen-bond donors (Lipinski definition) is 3. The van der Waals surface area contributed by atoms with E-state index in [0.29, 0.717) is 50.8 Å². The second-order valence-electron chi connectivity index (χ2n) is 10.6. The Kier molecular flexibility index (Phi) is 9.89. The Labute approximate surface area is 241 Å². The van der Waals surface area contributed by atoms with Crippen LogP contribution in [0.5, 0.6) is 0 Å². The van der Waals surface area contributed by atoms with Gasteiger partial charge < -0.3 is 30.7 Å². The van der Waals surface area contributed by atoms with Crippen molar-refractivity contribution in [1.82, 2.24) is 9.88 Å². The summed E-state index contributed by atoms with van der Waals surface area (Å²) in [5, 5.41) is 9.74. The number of pyridine rings is 1. The number of urea groups is 1. The first-order chi connectivity index (χ1) is 20.0. The van der Waals surface area contributed by atoms with E-state index in [4.69, 9.17) is 25.4 Å². The molecule has 0 radical (unpaired) electrons. The molecule has 3 aliphatic rings. The van der Waals surface area contributed by atoms with Crippen molar-refractivity contribution >= 4 is 35.7 Å². The number of hydrogen-bond acceptors (Lipinski definition) is 7. The summed E-state index contributed by atoms with van der Waals surface area (Å²) in [6.07, 6.45) is -4.53. The molecule has 4 N–H and O–H groups in total. The fraction of sp³-hybridized carbons (Fsp3) is 0.500. The Hall–Kier alpha value is -3.91. The first-order valence-electron chi connectivity index (χ1n) is 13.7. The molecule has 2 atom stereocenters. The van der Waals surface area contributed by atoms with E-state index in [-0.39, 0.29) is 37.9 Å². The number of carbonyl (C=O) groups excluding carboxylic acids is 2. The van der Waals surface area contributed by atoms with E-state index in [1.807, 2.05) is 31.2 Å². The monoisotopic (exact) mass is 592 g/mol. The van der Waals surface area contributed by atoms with Gasteiger partial charge in [-0.2, -0.15) is 13.2 Å². The van der Waals surface area contributed by atoms with Crippen LogP contribution >= 0.6 is 0 Å². The Morgan fingerprint density at radius 3 is 2.50 bits per heavy atom. The maximum atomic E-state index is 12.9. The van der Waals surface area contributed by atoms with Gasteiger partial charge in [-0.25, -0.2) is 9.78 Å². The van der Waals surface area contributed by atoms with E-state index < -0.39 is 24.5 Å². The summed E-state index contributed by atoms with van der Waals surface area (Å²) in [7, 11) is 0. The van der Waals surface area contributed by atoms with Crippen molar-refractivity contribution in [2.45, 2.75) is 38.4 Å². The Balaban J connectivity index is 0.00000129. The van der Waals surface area contributed by atoms with Crippen LogP contribution in [0.25, 0.3) is 11.1 Å². The summed E-state index contributed by atoms with van der Waals surface area (Å²) in [5.41, 5.74) is 9.21. The highest BCUT2D eigenvalue weighted by molar-refractivity contribution is 5.96. The summed E-state index contributed by atoms with van der Waals surface area (Å²) in [4.78, 5) is 43.8. The number of nitrogens with zero attached hydrogens (tertiary/aromatic N) is 4. The predicted octanol–water partition coefficient (Wildman–Crippen LogP) is 3.46. The molecule has 1 aromatic heterocycles.